The van der Waals surface area contributed by atoms with E-state index >= 15 is 0 Å². The molecule has 0 bridgehead atoms. The number of rotatable bonds is 10. The summed E-state index contributed by atoms with van der Waals surface area (Å²) in [5.41, 5.74) is 2.33. The van der Waals surface area contributed by atoms with Crippen molar-refractivity contribution in [1.29, 1.82) is 0 Å². The number of carbonyl (C=O) groups is 2. The molecule has 5 aromatic carbocycles. The highest BCUT2D eigenvalue weighted by Gasteiger charge is 2.61. The van der Waals surface area contributed by atoms with Crippen molar-refractivity contribution in [3.8, 4) is 23.0 Å². The molecule has 0 fully saturated rings. The molecule has 2 atom stereocenters. The molecule has 0 radical (unpaired) electrons. The van der Waals surface area contributed by atoms with Gasteiger partial charge in [0, 0.05) is 56.1 Å². The minimum Gasteiger partial charge on any atom is -0.493 e. The molecule has 15 heteroatoms. The van der Waals surface area contributed by atoms with E-state index in [0.717, 1.165) is 22.5 Å². The summed E-state index contributed by atoms with van der Waals surface area (Å²) in [5.74, 6) is 0.762. The standard InChI is InChI=1S/C48H44N6O9/c1-45(2)35-11-7-9-13-37(35)52(47(45)21-19-29-23-33(51-57)25-39(60-5)43(29)62-47)27-41(55)49-31-15-17-32(18-16-31)50-42(56)28-53-38-14-10-8-12-36(38)46(3,4)48(53)22-20-30-24-34(54(58)59)26-40(61-6)44(30)63-48/h7-26H,27-28H2,1-6H3,(H,49,55)(H,50,56)/p+1. The van der Waals surface area contributed by atoms with Crippen LogP contribution in [0, 0.1) is 15.0 Å². The second-order valence-corrected chi connectivity index (χ2v) is 16.9. The topological polar surface area (TPSA) is 176 Å². The zero-order valence-electron chi connectivity index (χ0n) is 35.5. The van der Waals surface area contributed by atoms with Crippen LogP contribution >= 0.6 is 0 Å². The molecule has 0 aromatic heterocycles. The highest BCUT2D eigenvalue weighted by molar-refractivity contribution is 5.97. The third kappa shape index (κ3) is 6.24. The molecule has 5 aromatic rings. The fourth-order valence-corrected chi connectivity index (χ4v) is 9.54. The Morgan fingerprint density at radius 3 is 1.57 bits per heavy atom. The lowest BCUT2D eigenvalue weighted by molar-refractivity contribution is -0.385. The Morgan fingerprint density at radius 1 is 0.683 bits per heavy atom. The van der Waals surface area contributed by atoms with Gasteiger partial charge in [-0.15, -0.1) is 0 Å². The Labute approximate surface area is 363 Å². The first-order valence-electron chi connectivity index (χ1n) is 20.3. The van der Waals surface area contributed by atoms with Gasteiger partial charge in [-0.3, -0.25) is 19.7 Å². The Hall–Kier alpha value is -7.68. The number of ether oxygens (including phenoxy) is 4. The fourth-order valence-electron chi connectivity index (χ4n) is 9.54. The average Bonchev–Trinajstić information content (AvgIpc) is 3.56. The van der Waals surface area contributed by atoms with Crippen molar-refractivity contribution in [1.82, 2.24) is 0 Å². The largest absolute Gasteiger partial charge is 0.493 e. The van der Waals surface area contributed by atoms with Crippen molar-refractivity contribution in [3.63, 3.8) is 0 Å². The zero-order chi connectivity index (χ0) is 44.5. The SMILES string of the molecule is COc1cc([NH+]=O)cc2c1OC1(C=C2)N(CC(=O)Nc2ccc(NC(=O)CN3c4ccccc4C(C)(C)C34C=Cc3cc([N+](=O)[O-])cc(OC)c3O4)cc2)c2ccccc2C1(C)C. The Bertz CT molecular complexity index is 2800. The van der Waals surface area contributed by atoms with Gasteiger partial charge in [0.05, 0.1) is 42.1 Å². The van der Waals surface area contributed by atoms with Crippen molar-refractivity contribution in [2.75, 3.05) is 47.7 Å². The molecule has 15 nitrogen and oxygen atoms in total. The number of fused-ring (bicyclic) bond motifs is 4. The van der Waals surface area contributed by atoms with Crippen LogP contribution in [0.15, 0.2) is 109 Å². The van der Waals surface area contributed by atoms with Crippen LogP contribution < -0.4 is 44.6 Å². The molecule has 320 valence electrons. The first-order valence-corrected chi connectivity index (χ1v) is 20.3. The number of anilines is 4. The van der Waals surface area contributed by atoms with Gasteiger partial charge in [-0.1, -0.05) is 36.4 Å². The molecule has 2 spiro atoms. The minimum absolute atomic E-state index is 0.0692. The van der Waals surface area contributed by atoms with Gasteiger partial charge in [-0.2, -0.15) is 0 Å². The van der Waals surface area contributed by atoms with Crippen LogP contribution in [0.2, 0.25) is 0 Å². The Morgan fingerprint density at radius 2 is 1.13 bits per heavy atom. The van der Waals surface area contributed by atoms with E-state index in [1.54, 1.807) is 42.5 Å². The van der Waals surface area contributed by atoms with E-state index in [1.807, 2.05) is 95.6 Å². The van der Waals surface area contributed by atoms with Crippen molar-refractivity contribution in [3.05, 3.63) is 146 Å². The summed E-state index contributed by atoms with van der Waals surface area (Å²) >= 11 is 0. The van der Waals surface area contributed by atoms with Gasteiger partial charge in [0.1, 0.15) is 13.1 Å². The maximum Gasteiger partial charge on any atom is 0.274 e. The molecule has 4 aliphatic heterocycles. The second-order valence-electron chi connectivity index (χ2n) is 16.9. The number of para-hydroxylation sites is 2. The molecule has 9 rings (SSSR count). The molecule has 63 heavy (non-hydrogen) atoms. The van der Waals surface area contributed by atoms with Crippen LogP contribution in [0.5, 0.6) is 23.0 Å². The van der Waals surface area contributed by atoms with Crippen LogP contribution in [-0.4, -0.2) is 55.5 Å². The number of methoxy groups -OCH3 is 2. The minimum atomic E-state index is -1.20. The van der Waals surface area contributed by atoms with Gasteiger partial charge in [0.15, 0.2) is 23.0 Å². The molecule has 4 aliphatic rings. The third-order valence-corrected chi connectivity index (χ3v) is 12.8. The highest BCUT2D eigenvalue weighted by Crippen LogP contribution is 2.58. The number of carbonyl (C=O) groups excluding carboxylic acids is 2. The van der Waals surface area contributed by atoms with Crippen molar-refractivity contribution < 1.29 is 38.6 Å². The number of nitro benzene ring substituents is 1. The van der Waals surface area contributed by atoms with E-state index in [4.69, 9.17) is 18.9 Å². The molecule has 0 saturated heterocycles. The second kappa shape index (κ2) is 14.8. The summed E-state index contributed by atoms with van der Waals surface area (Å²) in [6, 6.07) is 28.6. The number of hydrogen-bond acceptors (Lipinski definition) is 11. The summed E-state index contributed by atoms with van der Waals surface area (Å²) in [4.78, 5) is 54.5. The number of nitrogens with zero attached hydrogens (tertiary/aromatic N) is 3. The van der Waals surface area contributed by atoms with E-state index < -0.39 is 27.2 Å². The number of benzene rings is 5. The van der Waals surface area contributed by atoms with E-state index in [1.165, 1.54) is 26.4 Å². The number of non-ortho nitro benzene ring substituents is 1. The smallest absolute Gasteiger partial charge is 0.274 e. The molecular weight excluding hydrogens is 805 g/mol. The van der Waals surface area contributed by atoms with Crippen LogP contribution in [-0.2, 0) is 20.4 Å². The molecular formula is C48H45N6O9+. The summed E-state index contributed by atoms with van der Waals surface area (Å²) in [6.45, 7) is 8.03. The van der Waals surface area contributed by atoms with E-state index in [0.29, 0.717) is 45.4 Å². The quantitative estimate of drug-likeness (QED) is 0.0960. The third-order valence-electron chi connectivity index (χ3n) is 12.8. The van der Waals surface area contributed by atoms with E-state index in [-0.39, 0.29) is 36.3 Å². The number of hydrogen-bond donors (Lipinski definition) is 3. The predicted octanol–water partition coefficient (Wildman–Crippen LogP) is 7.17. The van der Waals surface area contributed by atoms with Crippen molar-refractivity contribution in [2.45, 2.75) is 50.0 Å². The monoisotopic (exact) mass is 849 g/mol. The molecule has 0 saturated carbocycles. The van der Waals surface area contributed by atoms with Crippen LogP contribution in [0.1, 0.15) is 49.9 Å². The van der Waals surface area contributed by atoms with Gasteiger partial charge < -0.3 is 39.4 Å². The lowest BCUT2D eigenvalue weighted by atomic mass is 9.76. The molecule has 3 N–H and O–H groups in total. The fraction of sp³-hybridized carbons (Fsp3) is 0.250. The average molecular weight is 850 g/mol. The van der Waals surface area contributed by atoms with Gasteiger partial charge in [0.25, 0.3) is 11.4 Å². The maximum absolute atomic E-state index is 14.0. The van der Waals surface area contributed by atoms with Crippen LogP contribution in [0.3, 0.4) is 0 Å². The van der Waals surface area contributed by atoms with Crippen molar-refractivity contribution in [2.24, 2.45) is 0 Å². The van der Waals surface area contributed by atoms with Gasteiger partial charge in [0.2, 0.25) is 23.3 Å². The van der Waals surface area contributed by atoms with Gasteiger partial charge in [-0.05, 0) is 99.5 Å². The molecule has 2 unspecified atom stereocenters. The van der Waals surface area contributed by atoms with Gasteiger partial charge in [-0.25, -0.2) is 0 Å². The summed E-state index contributed by atoms with van der Waals surface area (Å²) < 4.78 is 25.0. The van der Waals surface area contributed by atoms with Crippen molar-refractivity contribution >= 4 is 58.1 Å². The van der Waals surface area contributed by atoms with Crippen LogP contribution in [0.25, 0.3) is 12.2 Å². The molecule has 4 heterocycles. The number of amides is 2. The van der Waals surface area contributed by atoms with E-state index in [9.17, 15) is 24.6 Å². The maximum atomic E-state index is 14.0. The summed E-state index contributed by atoms with van der Waals surface area (Å²) in [7, 11) is 2.94. The molecule has 2 amide bonds. The van der Waals surface area contributed by atoms with E-state index in [2.05, 4.69) is 24.5 Å². The van der Waals surface area contributed by atoms with Gasteiger partial charge >= 0.3 is 0 Å². The first kappa shape index (κ1) is 40.7. The lowest BCUT2D eigenvalue weighted by Gasteiger charge is -2.47. The summed E-state index contributed by atoms with van der Waals surface area (Å²) in [6.07, 6.45) is 7.45. The number of nitro groups is 1. The zero-order valence-corrected chi connectivity index (χ0v) is 35.5. The normalized spacial score (nSPS) is 20.2. The predicted molar refractivity (Wildman–Crippen MR) is 239 cm³/mol. The number of nitrogens with one attached hydrogen (secondary N) is 3. The molecule has 0 aliphatic carbocycles. The number of nitroso groups, excluding NO2 is 1. The lowest BCUT2D eigenvalue weighted by Crippen LogP contribution is -2.61. The van der Waals surface area contributed by atoms with Crippen LogP contribution in [0.4, 0.5) is 34.1 Å². The first-order chi connectivity index (χ1) is 30.2. The highest BCUT2D eigenvalue weighted by atomic mass is 16.6. The summed E-state index contributed by atoms with van der Waals surface area (Å²) in [5, 5.41) is 19.6. The Kier molecular flexibility index (Phi) is 9.53. The Balaban J connectivity index is 0.930.